The van der Waals surface area contributed by atoms with Crippen molar-refractivity contribution in [3.8, 4) is 0 Å². The Balaban J connectivity index is 1.58. The highest BCUT2D eigenvalue weighted by Crippen LogP contribution is 2.26. The fourth-order valence-corrected chi connectivity index (χ4v) is 3.90. The van der Waals surface area contributed by atoms with Gasteiger partial charge in [0.25, 0.3) is 0 Å². The lowest BCUT2D eigenvalue weighted by molar-refractivity contribution is -0.0230. The maximum Gasteiger partial charge on any atom is 0.109 e. The molecule has 0 aliphatic carbocycles. The van der Waals surface area contributed by atoms with Gasteiger partial charge in [-0.05, 0) is 19.9 Å². The number of hydrogen-bond acceptors (Lipinski definition) is 7. The molecule has 134 valence electrons. The number of nitrogens with one attached hydrogen (secondary N) is 1. The van der Waals surface area contributed by atoms with Crippen molar-refractivity contribution in [1.29, 1.82) is 0 Å². The van der Waals surface area contributed by atoms with Crippen molar-refractivity contribution in [3.63, 3.8) is 0 Å². The number of ether oxygens (including phenoxy) is 2. The van der Waals surface area contributed by atoms with Crippen LogP contribution in [0.1, 0.15) is 12.8 Å². The zero-order chi connectivity index (χ0) is 16.2. The minimum Gasteiger partial charge on any atom is -0.394 e. The van der Waals surface area contributed by atoms with Crippen LogP contribution in [0.3, 0.4) is 0 Å². The van der Waals surface area contributed by atoms with Gasteiger partial charge in [0.15, 0.2) is 0 Å². The van der Waals surface area contributed by atoms with Gasteiger partial charge < -0.3 is 29.9 Å². The first-order chi connectivity index (χ1) is 11.2. The van der Waals surface area contributed by atoms with Crippen LogP contribution in [0.4, 0.5) is 0 Å². The molecular weight excluding hydrogens is 298 g/mol. The van der Waals surface area contributed by atoms with E-state index in [0.29, 0.717) is 6.04 Å². The summed E-state index contributed by atoms with van der Waals surface area (Å²) >= 11 is 0. The average molecular weight is 329 g/mol. The summed E-state index contributed by atoms with van der Waals surface area (Å²) in [5.74, 6) is 0. The van der Waals surface area contributed by atoms with E-state index in [0.717, 1.165) is 58.8 Å². The zero-order valence-electron chi connectivity index (χ0n) is 14.1. The van der Waals surface area contributed by atoms with Crippen LogP contribution >= 0.6 is 0 Å². The highest BCUT2D eigenvalue weighted by Gasteiger charge is 2.46. The zero-order valence-corrected chi connectivity index (χ0v) is 14.1. The van der Waals surface area contributed by atoms with Crippen LogP contribution in [-0.4, -0.2) is 110 Å². The molecule has 0 aromatic carbocycles. The molecule has 0 aromatic heterocycles. The Hall–Kier alpha value is -0.280. The number of piperazine rings is 1. The van der Waals surface area contributed by atoms with E-state index >= 15 is 0 Å². The molecule has 3 fully saturated rings. The van der Waals surface area contributed by atoms with E-state index < -0.39 is 12.2 Å². The first-order valence-electron chi connectivity index (χ1n) is 8.87. The summed E-state index contributed by atoms with van der Waals surface area (Å²) in [5, 5.41) is 23.6. The van der Waals surface area contributed by atoms with E-state index in [9.17, 15) is 10.2 Å². The van der Waals surface area contributed by atoms with Crippen molar-refractivity contribution >= 4 is 0 Å². The molecule has 23 heavy (non-hydrogen) atoms. The SMILES string of the molecule is CN1CCN([C@@H]2[C@H](O)[C@H](CO)O[C@@H]2CNC2CCOCC2)CC1. The van der Waals surface area contributed by atoms with Gasteiger partial charge in [-0.25, -0.2) is 0 Å². The monoisotopic (exact) mass is 329 g/mol. The second kappa shape index (κ2) is 8.20. The number of aliphatic hydroxyl groups is 2. The Morgan fingerprint density at radius 3 is 2.43 bits per heavy atom. The van der Waals surface area contributed by atoms with Crippen LogP contribution in [0.25, 0.3) is 0 Å². The molecule has 0 amide bonds. The van der Waals surface area contributed by atoms with E-state index in [-0.39, 0.29) is 18.8 Å². The molecule has 3 aliphatic heterocycles. The topological polar surface area (TPSA) is 77.4 Å². The Morgan fingerprint density at radius 1 is 1.09 bits per heavy atom. The summed E-state index contributed by atoms with van der Waals surface area (Å²) < 4.78 is 11.3. The van der Waals surface area contributed by atoms with Crippen molar-refractivity contribution in [3.05, 3.63) is 0 Å². The Labute approximate surface area is 138 Å². The van der Waals surface area contributed by atoms with Crippen molar-refractivity contribution in [1.82, 2.24) is 15.1 Å². The molecule has 0 bridgehead atoms. The molecule has 7 nitrogen and oxygen atoms in total. The molecule has 0 spiro atoms. The normalized spacial score (nSPS) is 38.2. The minimum absolute atomic E-state index is 0.0341. The first kappa shape index (κ1) is 17.5. The predicted molar refractivity (Wildman–Crippen MR) is 86.5 cm³/mol. The second-order valence-corrected chi connectivity index (χ2v) is 7.01. The smallest absolute Gasteiger partial charge is 0.109 e. The summed E-state index contributed by atoms with van der Waals surface area (Å²) in [4.78, 5) is 4.63. The number of aliphatic hydroxyl groups excluding tert-OH is 2. The number of hydrogen-bond donors (Lipinski definition) is 3. The molecular formula is C16H31N3O4. The summed E-state index contributed by atoms with van der Waals surface area (Å²) in [6.45, 7) is 6.11. The lowest BCUT2D eigenvalue weighted by Gasteiger charge is -2.39. The van der Waals surface area contributed by atoms with Gasteiger partial charge in [-0.1, -0.05) is 0 Å². The van der Waals surface area contributed by atoms with Crippen molar-refractivity contribution in [2.24, 2.45) is 0 Å². The number of rotatable bonds is 5. The molecule has 0 radical (unpaired) electrons. The molecule has 0 unspecified atom stereocenters. The Bertz CT molecular complexity index is 359. The molecule has 3 heterocycles. The summed E-state index contributed by atoms with van der Waals surface area (Å²) in [7, 11) is 2.12. The summed E-state index contributed by atoms with van der Waals surface area (Å²) in [6, 6.07) is 0.430. The third-order valence-corrected chi connectivity index (χ3v) is 5.43. The van der Waals surface area contributed by atoms with Gasteiger partial charge in [-0.2, -0.15) is 0 Å². The molecule has 3 N–H and O–H groups in total. The van der Waals surface area contributed by atoms with Crippen LogP contribution < -0.4 is 5.32 Å². The second-order valence-electron chi connectivity index (χ2n) is 7.01. The number of likely N-dealkylation sites (N-methyl/N-ethyl adjacent to an activating group) is 1. The molecule has 3 rings (SSSR count). The summed E-state index contributed by atoms with van der Waals surface area (Å²) in [5.41, 5.74) is 0. The Morgan fingerprint density at radius 2 is 1.78 bits per heavy atom. The third-order valence-electron chi connectivity index (χ3n) is 5.43. The van der Waals surface area contributed by atoms with Gasteiger partial charge in [0.1, 0.15) is 12.2 Å². The first-order valence-corrected chi connectivity index (χ1v) is 8.87. The number of nitrogens with zero attached hydrogens (tertiary/aromatic N) is 2. The van der Waals surface area contributed by atoms with E-state index in [4.69, 9.17) is 9.47 Å². The van der Waals surface area contributed by atoms with Gasteiger partial charge in [-0.3, -0.25) is 4.90 Å². The van der Waals surface area contributed by atoms with Gasteiger partial charge in [0, 0.05) is 52.0 Å². The van der Waals surface area contributed by atoms with Crippen LogP contribution in [0.2, 0.25) is 0 Å². The standard InChI is InChI=1S/C16H31N3O4/c1-18-4-6-19(7-5-18)15-13(23-14(11-20)16(15)21)10-17-12-2-8-22-9-3-12/h12-17,20-21H,2-11H2,1H3/t13-,14+,15+,16-/m1/s1. The molecule has 0 saturated carbocycles. The largest absolute Gasteiger partial charge is 0.394 e. The maximum atomic E-state index is 10.6. The van der Waals surface area contributed by atoms with Gasteiger partial charge in [0.2, 0.25) is 0 Å². The Kier molecular flexibility index (Phi) is 6.25. The molecule has 0 aromatic rings. The molecule has 3 aliphatic rings. The van der Waals surface area contributed by atoms with E-state index in [2.05, 4.69) is 22.2 Å². The lowest BCUT2D eigenvalue weighted by Crippen LogP contribution is -2.57. The highest BCUT2D eigenvalue weighted by molar-refractivity contribution is 4.99. The van der Waals surface area contributed by atoms with Crippen molar-refractivity contribution < 1.29 is 19.7 Å². The minimum atomic E-state index is -0.620. The van der Waals surface area contributed by atoms with E-state index in [1.807, 2.05) is 0 Å². The molecule has 3 saturated heterocycles. The lowest BCUT2D eigenvalue weighted by atomic mass is 10.0. The van der Waals surface area contributed by atoms with E-state index in [1.165, 1.54) is 0 Å². The van der Waals surface area contributed by atoms with Crippen LogP contribution in [0.5, 0.6) is 0 Å². The van der Waals surface area contributed by atoms with Crippen LogP contribution in [-0.2, 0) is 9.47 Å². The van der Waals surface area contributed by atoms with Crippen molar-refractivity contribution in [2.45, 2.75) is 43.2 Å². The molecule has 4 atom stereocenters. The van der Waals surface area contributed by atoms with Crippen LogP contribution in [0.15, 0.2) is 0 Å². The predicted octanol–water partition coefficient (Wildman–Crippen LogP) is -1.51. The third kappa shape index (κ3) is 4.22. The van der Waals surface area contributed by atoms with Gasteiger partial charge >= 0.3 is 0 Å². The fraction of sp³-hybridized carbons (Fsp3) is 1.00. The quantitative estimate of drug-likeness (QED) is 0.566. The average Bonchev–Trinajstić information content (AvgIpc) is 2.90. The van der Waals surface area contributed by atoms with Gasteiger partial charge in [0.05, 0.1) is 18.8 Å². The van der Waals surface area contributed by atoms with E-state index in [1.54, 1.807) is 0 Å². The van der Waals surface area contributed by atoms with Gasteiger partial charge in [-0.15, -0.1) is 0 Å². The van der Waals surface area contributed by atoms with Crippen LogP contribution in [0, 0.1) is 0 Å². The molecule has 7 heteroatoms. The summed E-state index contributed by atoms with van der Waals surface area (Å²) in [6.07, 6.45) is 0.884. The fourth-order valence-electron chi connectivity index (χ4n) is 3.90. The van der Waals surface area contributed by atoms with Crippen molar-refractivity contribution in [2.75, 3.05) is 59.6 Å². The maximum absolute atomic E-state index is 10.6. The highest BCUT2D eigenvalue weighted by atomic mass is 16.5.